The molecule has 0 saturated heterocycles. The second kappa shape index (κ2) is 7.24. The van der Waals surface area contributed by atoms with Crippen molar-refractivity contribution >= 4 is 17.8 Å². The maximum Gasteiger partial charge on any atom is 0.326 e. The number of ether oxygens (including phenoxy) is 3. The van der Waals surface area contributed by atoms with E-state index < -0.39 is 23.9 Å². The molecule has 1 rings (SSSR count). The van der Waals surface area contributed by atoms with Gasteiger partial charge < -0.3 is 24.6 Å². The fourth-order valence-electron chi connectivity index (χ4n) is 1.34. The van der Waals surface area contributed by atoms with Gasteiger partial charge in [0.1, 0.15) is 25.5 Å². The lowest BCUT2D eigenvalue weighted by Crippen LogP contribution is -2.42. The Bertz CT molecular complexity index is 391. The summed E-state index contributed by atoms with van der Waals surface area (Å²) >= 11 is 0. The van der Waals surface area contributed by atoms with Gasteiger partial charge in [-0.25, -0.2) is 4.79 Å². The topological polar surface area (TPSA) is 111 Å². The van der Waals surface area contributed by atoms with Gasteiger partial charge in [0, 0.05) is 6.42 Å². The number of carbonyl (C=O) groups is 3. The van der Waals surface area contributed by atoms with Crippen LogP contribution in [0.15, 0.2) is 12.0 Å². The Balaban J connectivity index is 2.53. The van der Waals surface area contributed by atoms with Gasteiger partial charge in [0.05, 0.1) is 7.11 Å². The van der Waals surface area contributed by atoms with E-state index >= 15 is 0 Å². The van der Waals surface area contributed by atoms with Crippen molar-refractivity contribution in [3.63, 3.8) is 0 Å². The second-order valence-electron chi connectivity index (χ2n) is 3.68. The molecule has 8 heteroatoms. The van der Waals surface area contributed by atoms with Crippen molar-refractivity contribution in [2.24, 2.45) is 0 Å². The predicted octanol–water partition coefficient (Wildman–Crippen LogP) is -0.603. The van der Waals surface area contributed by atoms with Crippen molar-refractivity contribution in [3.05, 3.63) is 12.0 Å². The number of hydrogen-bond donors (Lipinski definition) is 2. The van der Waals surface area contributed by atoms with Gasteiger partial charge in [-0.2, -0.15) is 0 Å². The second-order valence-corrected chi connectivity index (χ2v) is 3.68. The zero-order valence-electron chi connectivity index (χ0n) is 10.4. The summed E-state index contributed by atoms with van der Waals surface area (Å²) in [5.41, 5.74) is 0. The molecule has 1 heterocycles. The van der Waals surface area contributed by atoms with Gasteiger partial charge in [-0.05, 0) is 6.42 Å². The van der Waals surface area contributed by atoms with Crippen molar-refractivity contribution in [2.45, 2.75) is 18.9 Å². The van der Waals surface area contributed by atoms with E-state index in [9.17, 15) is 14.4 Å². The molecule has 0 fully saturated rings. The van der Waals surface area contributed by atoms with Crippen LogP contribution in [0.4, 0.5) is 0 Å². The van der Waals surface area contributed by atoms with Crippen LogP contribution in [-0.4, -0.2) is 49.3 Å². The average Bonchev–Trinajstić information content (AvgIpc) is 2.43. The largest absolute Gasteiger partial charge is 0.494 e. The normalized spacial score (nSPS) is 15.3. The third-order valence-corrected chi connectivity index (χ3v) is 2.34. The fourth-order valence-corrected chi connectivity index (χ4v) is 1.34. The highest BCUT2D eigenvalue weighted by Crippen LogP contribution is 2.06. The molecule has 0 radical (unpaired) electrons. The van der Waals surface area contributed by atoms with Crippen LogP contribution in [0.3, 0.4) is 0 Å². The maximum absolute atomic E-state index is 11.7. The third kappa shape index (κ3) is 4.86. The van der Waals surface area contributed by atoms with Gasteiger partial charge in [0.25, 0.3) is 5.91 Å². The summed E-state index contributed by atoms with van der Waals surface area (Å²) in [5.74, 6) is -2.57. The summed E-state index contributed by atoms with van der Waals surface area (Å²) < 4.78 is 14.3. The zero-order valence-corrected chi connectivity index (χ0v) is 10.4. The lowest BCUT2D eigenvalue weighted by Gasteiger charge is -2.18. The lowest BCUT2D eigenvalue weighted by molar-refractivity contribution is -0.144. The first-order valence-electron chi connectivity index (χ1n) is 5.59. The summed E-state index contributed by atoms with van der Waals surface area (Å²) in [6.07, 6.45) is 0.948. The molecule has 0 spiro atoms. The number of rotatable bonds is 6. The molecule has 2 N–H and O–H groups in total. The Labute approximate surface area is 109 Å². The van der Waals surface area contributed by atoms with E-state index in [2.05, 4.69) is 10.1 Å². The minimum atomic E-state index is -1.24. The molecule has 1 atom stereocenters. The summed E-state index contributed by atoms with van der Waals surface area (Å²) in [4.78, 5) is 33.6. The van der Waals surface area contributed by atoms with Crippen LogP contribution in [0.5, 0.6) is 0 Å². The first kappa shape index (κ1) is 14.8. The molecule has 1 unspecified atom stereocenters. The number of hydrogen-bond acceptors (Lipinski definition) is 6. The van der Waals surface area contributed by atoms with Crippen molar-refractivity contribution < 1.29 is 33.7 Å². The van der Waals surface area contributed by atoms with Crippen molar-refractivity contribution in [2.75, 3.05) is 20.3 Å². The molecule has 1 aliphatic rings. The number of amides is 1. The minimum Gasteiger partial charge on any atom is -0.494 e. The first-order chi connectivity index (χ1) is 9.04. The molecule has 8 nitrogen and oxygen atoms in total. The van der Waals surface area contributed by atoms with Crippen LogP contribution in [0, 0.1) is 0 Å². The highest BCUT2D eigenvalue weighted by molar-refractivity contribution is 5.94. The van der Waals surface area contributed by atoms with E-state index in [1.165, 1.54) is 7.11 Å². The summed E-state index contributed by atoms with van der Waals surface area (Å²) in [6.45, 7) is 0.556. The number of nitrogens with one attached hydrogen (secondary N) is 1. The first-order valence-corrected chi connectivity index (χ1v) is 5.59. The van der Waals surface area contributed by atoms with Crippen LogP contribution >= 0.6 is 0 Å². The lowest BCUT2D eigenvalue weighted by atomic mass is 10.1. The Morgan fingerprint density at radius 2 is 2.21 bits per heavy atom. The Morgan fingerprint density at radius 3 is 2.74 bits per heavy atom. The molecule has 1 aliphatic heterocycles. The van der Waals surface area contributed by atoms with E-state index in [0.717, 1.165) is 6.26 Å². The molecule has 0 aliphatic carbocycles. The van der Waals surface area contributed by atoms with Gasteiger partial charge >= 0.3 is 11.9 Å². The van der Waals surface area contributed by atoms with E-state index in [1.807, 2.05) is 0 Å². The Kier molecular flexibility index (Phi) is 5.65. The van der Waals surface area contributed by atoms with Crippen LogP contribution in [0.25, 0.3) is 0 Å². The van der Waals surface area contributed by atoms with Crippen LogP contribution < -0.4 is 5.32 Å². The fraction of sp³-hybridized carbons (Fsp3) is 0.545. The highest BCUT2D eigenvalue weighted by Gasteiger charge is 2.24. The van der Waals surface area contributed by atoms with E-state index in [4.69, 9.17) is 14.6 Å². The van der Waals surface area contributed by atoms with Gasteiger partial charge in [-0.15, -0.1) is 0 Å². The molecule has 0 aromatic rings. The molecular formula is C11H15NO7. The number of carboxylic acids is 1. The van der Waals surface area contributed by atoms with Gasteiger partial charge in [-0.1, -0.05) is 0 Å². The average molecular weight is 273 g/mol. The molecule has 0 saturated carbocycles. The van der Waals surface area contributed by atoms with Crippen LogP contribution in [-0.2, 0) is 28.6 Å². The van der Waals surface area contributed by atoms with Gasteiger partial charge in [0.15, 0.2) is 0 Å². The number of aliphatic carboxylic acids is 1. The van der Waals surface area contributed by atoms with Crippen LogP contribution in [0.1, 0.15) is 12.8 Å². The molecule has 0 aromatic carbocycles. The monoisotopic (exact) mass is 273 g/mol. The van der Waals surface area contributed by atoms with E-state index in [1.54, 1.807) is 0 Å². The summed E-state index contributed by atoms with van der Waals surface area (Å²) in [6, 6.07) is -1.20. The summed E-state index contributed by atoms with van der Waals surface area (Å²) in [5, 5.41) is 11.2. The number of carbonyl (C=O) groups excluding carboxylic acids is 2. The van der Waals surface area contributed by atoms with Crippen LogP contribution in [0.2, 0.25) is 0 Å². The molecule has 106 valence electrons. The zero-order chi connectivity index (χ0) is 14.3. The number of methoxy groups -OCH3 is 1. The SMILES string of the molecule is COC(=O)CCC(NC(=O)C1=COCCO1)C(=O)O. The number of carboxylic acid groups (broad SMARTS) is 1. The Hall–Kier alpha value is -2.25. The minimum absolute atomic E-state index is 0.0676. The maximum atomic E-state index is 11.7. The van der Waals surface area contributed by atoms with E-state index in [-0.39, 0.29) is 25.2 Å². The molecule has 0 aromatic heterocycles. The standard InChI is InChI=1S/C11H15NO7/c1-17-9(13)3-2-7(11(15)16)12-10(14)8-6-18-4-5-19-8/h6-7H,2-5H2,1H3,(H,12,14)(H,15,16). The van der Waals surface area contributed by atoms with Gasteiger partial charge in [-0.3, -0.25) is 9.59 Å². The summed E-state index contributed by atoms with van der Waals surface area (Å²) in [7, 11) is 1.20. The van der Waals surface area contributed by atoms with E-state index in [0.29, 0.717) is 6.61 Å². The van der Waals surface area contributed by atoms with Crippen molar-refractivity contribution in [1.29, 1.82) is 0 Å². The van der Waals surface area contributed by atoms with Gasteiger partial charge in [0.2, 0.25) is 5.76 Å². The molecule has 0 bridgehead atoms. The Morgan fingerprint density at radius 1 is 1.47 bits per heavy atom. The smallest absolute Gasteiger partial charge is 0.326 e. The van der Waals surface area contributed by atoms with Crippen molar-refractivity contribution in [1.82, 2.24) is 5.32 Å². The third-order valence-electron chi connectivity index (χ3n) is 2.34. The van der Waals surface area contributed by atoms with Crippen molar-refractivity contribution in [3.8, 4) is 0 Å². The molecule has 1 amide bonds. The molecular weight excluding hydrogens is 258 g/mol. The number of esters is 1. The highest BCUT2D eigenvalue weighted by atomic mass is 16.6. The predicted molar refractivity (Wildman–Crippen MR) is 60.8 cm³/mol. The quantitative estimate of drug-likeness (QED) is 0.621. The molecule has 19 heavy (non-hydrogen) atoms.